The van der Waals surface area contributed by atoms with E-state index in [1.807, 2.05) is 0 Å². The van der Waals surface area contributed by atoms with Gasteiger partial charge in [-0.15, -0.1) is 0 Å². The summed E-state index contributed by atoms with van der Waals surface area (Å²) in [6.07, 6.45) is 14.3. The average molecular weight is 441 g/mol. The maximum Gasteiger partial charge on any atom is 0.126 e. The Balaban J connectivity index is 4.83. The third-order valence-corrected chi connectivity index (χ3v) is 6.43. The van der Waals surface area contributed by atoms with E-state index in [4.69, 9.17) is 0 Å². The molecule has 0 amide bonds. The zero-order chi connectivity index (χ0) is 24.8. The highest BCUT2D eigenvalue weighted by atomic mass is 19.1. The average Bonchev–Trinajstić information content (AvgIpc) is 2.75. The first-order valence-electron chi connectivity index (χ1n) is 12.4. The van der Waals surface area contributed by atoms with Crippen LogP contribution in [0.2, 0.25) is 0 Å². The summed E-state index contributed by atoms with van der Waals surface area (Å²) in [5.41, 5.74) is 4.64. The van der Waals surface area contributed by atoms with Crippen molar-refractivity contribution in [3.05, 3.63) is 84.3 Å². The second-order valence-electron chi connectivity index (χ2n) is 9.97. The molecule has 3 unspecified atom stereocenters. The monoisotopic (exact) mass is 440 g/mol. The maximum absolute atomic E-state index is 14.7. The molecule has 180 valence electrons. The second kappa shape index (κ2) is 15.8. The SMILES string of the molecule is C=C(/C=C\C(=C)C(C)CCCC)/C(C)=C/CC(C)C(=C)/C=C(/F)C(=C)C(C)CCC(C)C. The van der Waals surface area contributed by atoms with E-state index in [0.717, 1.165) is 41.6 Å². The van der Waals surface area contributed by atoms with Crippen molar-refractivity contribution < 1.29 is 4.39 Å². The summed E-state index contributed by atoms with van der Waals surface area (Å²) in [4.78, 5) is 0. The van der Waals surface area contributed by atoms with E-state index in [9.17, 15) is 4.39 Å². The van der Waals surface area contributed by atoms with Gasteiger partial charge in [0.1, 0.15) is 5.83 Å². The first kappa shape index (κ1) is 30.1. The van der Waals surface area contributed by atoms with Crippen LogP contribution in [0, 0.1) is 23.7 Å². The van der Waals surface area contributed by atoms with E-state index < -0.39 is 0 Å². The Kier molecular flexibility index (Phi) is 14.9. The molecule has 0 nitrogen and oxygen atoms in total. The summed E-state index contributed by atoms with van der Waals surface area (Å²) >= 11 is 0. The molecular weight excluding hydrogens is 391 g/mol. The van der Waals surface area contributed by atoms with Gasteiger partial charge in [0.05, 0.1) is 0 Å². The predicted octanol–water partition coefficient (Wildman–Crippen LogP) is 10.5. The second-order valence-corrected chi connectivity index (χ2v) is 9.97. The van der Waals surface area contributed by atoms with Crippen molar-refractivity contribution in [1.29, 1.82) is 0 Å². The molecule has 0 saturated heterocycles. The number of rotatable bonds is 16. The predicted molar refractivity (Wildman–Crippen MR) is 144 cm³/mol. The van der Waals surface area contributed by atoms with Crippen LogP contribution in [0.3, 0.4) is 0 Å². The molecule has 0 heterocycles. The molecule has 0 aromatic heterocycles. The zero-order valence-electron chi connectivity index (χ0n) is 22.1. The van der Waals surface area contributed by atoms with Gasteiger partial charge in [0.2, 0.25) is 0 Å². The van der Waals surface area contributed by atoms with Gasteiger partial charge >= 0.3 is 0 Å². The van der Waals surface area contributed by atoms with Crippen LogP contribution in [0.15, 0.2) is 84.3 Å². The fourth-order valence-electron chi connectivity index (χ4n) is 3.23. The molecule has 0 N–H and O–H groups in total. The van der Waals surface area contributed by atoms with Crippen LogP contribution in [0.5, 0.6) is 0 Å². The lowest BCUT2D eigenvalue weighted by Gasteiger charge is -2.16. The van der Waals surface area contributed by atoms with E-state index in [1.54, 1.807) is 6.08 Å². The summed E-state index contributed by atoms with van der Waals surface area (Å²) in [5, 5.41) is 0. The van der Waals surface area contributed by atoms with Gasteiger partial charge in [-0.3, -0.25) is 0 Å². The Labute approximate surface area is 199 Å². The molecule has 0 bridgehead atoms. The Bertz CT molecular complexity index is 726. The molecule has 0 saturated carbocycles. The van der Waals surface area contributed by atoms with E-state index in [2.05, 4.69) is 93.0 Å². The van der Waals surface area contributed by atoms with Gasteiger partial charge in [-0.05, 0) is 78.2 Å². The van der Waals surface area contributed by atoms with Crippen LogP contribution in [-0.4, -0.2) is 0 Å². The van der Waals surface area contributed by atoms with Gasteiger partial charge in [0, 0.05) is 0 Å². The third kappa shape index (κ3) is 12.2. The van der Waals surface area contributed by atoms with Gasteiger partial charge < -0.3 is 0 Å². The number of hydrogen-bond donors (Lipinski definition) is 0. The van der Waals surface area contributed by atoms with Gasteiger partial charge in [0.25, 0.3) is 0 Å². The van der Waals surface area contributed by atoms with Gasteiger partial charge in [-0.1, -0.05) is 111 Å². The molecule has 0 fully saturated rings. The van der Waals surface area contributed by atoms with Crippen LogP contribution in [0.4, 0.5) is 4.39 Å². The minimum absolute atomic E-state index is 0.147. The first-order valence-corrected chi connectivity index (χ1v) is 12.4. The Morgan fingerprint density at radius 3 is 2.00 bits per heavy atom. The lowest BCUT2D eigenvalue weighted by atomic mass is 9.91. The Hall–Kier alpha value is -1.89. The number of hydrogen-bond acceptors (Lipinski definition) is 0. The molecule has 0 rings (SSSR count). The van der Waals surface area contributed by atoms with E-state index >= 15 is 0 Å². The fourth-order valence-corrected chi connectivity index (χ4v) is 3.23. The number of halogens is 1. The summed E-state index contributed by atoms with van der Waals surface area (Å²) in [6, 6.07) is 0. The van der Waals surface area contributed by atoms with Gasteiger partial charge in [0.15, 0.2) is 0 Å². The minimum atomic E-state index is -0.234. The molecule has 0 aromatic rings. The van der Waals surface area contributed by atoms with Crippen molar-refractivity contribution in [3.8, 4) is 0 Å². The summed E-state index contributed by atoms with van der Waals surface area (Å²) in [5.74, 6) is 1.18. The smallest absolute Gasteiger partial charge is 0.126 e. The largest absolute Gasteiger partial charge is 0.207 e. The Morgan fingerprint density at radius 1 is 0.812 bits per heavy atom. The third-order valence-electron chi connectivity index (χ3n) is 6.43. The normalized spacial score (nSPS) is 15.7. The molecule has 32 heavy (non-hydrogen) atoms. The molecule has 0 aliphatic heterocycles. The lowest BCUT2D eigenvalue weighted by Crippen LogP contribution is -2.03. The van der Waals surface area contributed by atoms with Gasteiger partial charge in [-0.25, -0.2) is 4.39 Å². The highest BCUT2D eigenvalue weighted by molar-refractivity contribution is 5.39. The fraction of sp³-hybridized carbons (Fsp3) is 0.548. The molecule has 3 atom stereocenters. The van der Waals surface area contributed by atoms with E-state index in [1.165, 1.54) is 19.3 Å². The highest BCUT2D eigenvalue weighted by Gasteiger charge is 2.13. The van der Waals surface area contributed by atoms with Crippen molar-refractivity contribution >= 4 is 0 Å². The molecule has 0 aliphatic rings. The van der Waals surface area contributed by atoms with Crippen molar-refractivity contribution in [2.45, 2.75) is 87.0 Å². The molecule has 0 radical (unpaired) electrons. The van der Waals surface area contributed by atoms with E-state index in [-0.39, 0.29) is 17.7 Å². The molecule has 0 aliphatic carbocycles. The quantitative estimate of drug-likeness (QED) is 0.209. The minimum Gasteiger partial charge on any atom is -0.207 e. The van der Waals surface area contributed by atoms with Crippen molar-refractivity contribution in [3.63, 3.8) is 0 Å². The zero-order valence-corrected chi connectivity index (χ0v) is 22.1. The molecule has 0 aromatic carbocycles. The van der Waals surface area contributed by atoms with Crippen LogP contribution in [-0.2, 0) is 0 Å². The Morgan fingerprint density at radius 2 is 1.44 bits per heavy atom. The van der Waals surface area contributed by atoms with Gasteiger partial charge in [-0.2, -0.15) is 0 Å². The van der Waals surface area contributed by atoms with Crippen LogP contribution in [0.1, 0.15) is 87.0 Å². The van der Waals surface area contributed by atoms with E-state index in [0.29, 0.717) is 17.4 Å². The number of unbranched alkanes of at least 4 members (excludes halogenated alkanes) is 1. The molecular formula is C31H49F. The van der Waals surface area contributed by atoms with Crippen LogP contribution in [0.25, 0.3) is 0 Å². The first-order chi connectivity index (χ1) is 14.9. The standard InChI is InChI=1S/C31H49F/c1-12-13-14-23(4)24(5)17-18-25(6)26(7)19-20-27(8)29(10)21-31(32)30(11)28(9)16-15-22(2)3/h17-19,21-23,27-28H,5-6,10-16,20H2,1-4,7-9H3/b18-17-,26-19+,31-21+. The molecule has 0 spiro atoms. The van der Waals surface area contributed by atoms with Crippen molar-refractivity contribution in [2.24, 2.45) is 23.7 Å². The summed E-state index contributed by atoms with van der Waals surface area (Å²) < 4.78 is 14.7. The number of allylic oxidation sites excluding steroid dienone is 10. The maximum atomic E-state index is 14.7. The topological polar surface area (TPSA) is 0 Å². The van der Waals surface area contributed by atoms with Crippen LogP contribution >= 0.6 is 0 Å². The lowest BCUT2D eigenvalue weighted by molar-refractivity contribution is 0.478. The molecule has 1 heteroatoms. The highest BCUT2D eigenvalue weighted by Crippen LogP contribution is 2.28. The van der Waals surface area contributed by atoms with Crippen LogP contribution < -0.4 is 0 Å². The van der Waals surface area contributed by atoms with Crippen molar-refractivity contribution in [2.75, 3.05) is 0 Å². The summed E-state index contributed by atoms with van der Waals surface area (Å²) in [6.45, 7) is 31.5. The summed E-state index contributed by atoms with van der Waals surface area (Å²) in [7, 11) is 0. The van der Waals surface area contributed by atoms with Crippen molar-refractivity contribution in [1.82, 2.24) is 0 Å².